The Balaban J connectivity index is 1.73. The zero-order valence-corrected chi connectivity index (χ0v) is 15.0. The number of piperidine rings is 1. The van der Waals surface area contributed by atoms with Gasteiger partial charge in [0.05, 0.1) is 12.3 Å². The molecule has 1 aliphatic heterocycles. The summed E-state index contributed by atoms with van der Waals surface area (Å²) in [6.07, 6.45) is 3.31. The lowest BCUT2D eigenvalue weighted by molar-refractivity contribution is 0.123. The lowest BCUT2D eigenvalue weighted by Crippen LogP contribution is -2.45. The Hall–Kier alpha value is -2.64. The highest BCUT2D eigenvalue weighted by Gasteiger charge is 2.31. The highest BCUT2D eigenvalue weighted by atomic mass is 32.2. The molecule has 27 heavy (non-hydrogen) atoms. The summed E-state index contributed by atoms with van der Waals surface area (Å²) < 4.78 is 59.2. The first-order valence-corrected chi connectivity index (χ1v) is 9.79. The highest BCUT2D eigenvalue weighted by molar-refractivity contribution is 7.88. The van der Waals surface area contributed by atoms with Crippen LogP contribution in [0.1, 0.15) is 24.1 Å². The standard InChI is InChI=1S/C17H16F2N4O3S/c18-13-3-4-15(19)12(8-13)11-27(24,25)23-7-1-2-14(10-23)26-17-16(9-20)21-5-6-22-17/h3-6,8,14H,1-2,7,10-11H2. The van der Waals surface area contributed by atoms with E-state index in [1.807, 2.05) is 6.07 Å². The normalized spacial score (nSPS) is 18.0. The molecule has 1 saturated heterocycles. The summed E-state index contributed by atoms with van der Waals surface area (Å²) in [5.41, 5.74) is -0.210. The van der Waals surface area contributed by atoms with E-state index in [1.54, 1.807) is 0 Å². The van der Waals surface area contributed by atoms with Gasteiger partial charge in [-0.05, 0) is 31.0 Å². The van der Waals surface area contributed by atoms with E-state index >= 15 is 0 Å². The van der Waals surface area contributed by atoms with Gasteiger partial charge in [0.1, 0.15) is 23.8 Å². The Bertz CT molecular complexity index is 978. The van der Waals surface area contributed by atoms with Crippen LogP contribution < -0.4 is 4.74 Å². The van der Waals surface area contributed by atoms with Crippen LogP contribution in [0, 0.1) is 23.0 Å². The van der Waals surface area contributed by atoms with Crippen LogP contribution in [0.15, 0.2) is 30.6 Å². The number of nitrogens with zero attached hydrogens (tertiary/aromatic N) is 4. The first-order valence-electron chi connectivity index (χ1n) is 8.18. The molecular weight excluding hydrogens is 378 g/mol. The zero-order valence-electron chi connectivity index (χ0n) is 14.2. The molecule has 1 fully saturated rings. The number of nitriles is 1. The minimum Gasteiger partial charge on any atom is -0.471 e. The molecule has 1 aromatic heterocycles. The molecule has 0 radical (unpaired) electrons. The van der Waals surface area contributed by atoms with Crippen molar-refractivity contribution in [3.63, 3.8) is 0 Å². The van der Waals surface area contributed by atoms with Crippen LogP contribution in [0.3, 0.4) is 0 Å². The maximum atomic E-state index is 13.8. The van der Waals surface area contributed by atoms with Crippen LogP contribution in [0.2, 0.25) is 0 Å². The van der Waals surface area contributed by atoms with Gasteiger partial charge in [0.25, 0.3) is 5.88 Å². The Labute approximate surface area is 155 Å². The van der Waals surface area contributed by atoms with E-state index in [-0.39, 0.29) is 30.2 Å². The number of hydrogen-bond donors (Lipinski definition) is 0. The van der Waals surface area contributed by atoms with E-state index in [2.05, 4.69) is 9.97 Å². The van der Waals surface area contributed by atoms with Crippen LogP contribution >= 0.6 is 0 Å². The fourth-order valence-electron chi connectivity index (χ4n) is 2.84. The molecule has 1 unspecified atom stereocenters. The number of rotatable bonds is 5. The molecule has 1 aromatic carbocycles. The van der Waals surface area contributed by atoms with Gasteiger partial charge in [-0.2, -0.15) is 9.57 Å². The molecular formula is C17H16F2N4O3S. The third-order valence-corrected chi connectivity index (χ3v) is 5.92. The van der Waals surface area contributed by atoms with E-state index in [0.717, 1.165) is 18.2 Å². The summed E-state index contributed by atoms with van der Waals surface area (Å²) in [5.74, 6) is -2.07. The van der Waals surface area contributed by atoms with Gasteiger partial charge in [-0.15, -0.1) is 0 Å². The van der Waals surface area contributed by atoms with Crippen molar-refractivity contribution in [2.75, 3.05) is 13.1 Å². The molecule has 1 aliphatic rings. The number of benzene rings is 1. The maximum absolute atomic E-state index is 13.8. The van der Waals surface area contributed by atoms with E-state index in [4.69, 9.17) is 10.00 Å². The summed E-state index contributed by atoms with van der Waals surface area (Å²) in [7, 11) is -3.87. The molecule has 2 aromatic rings. The predicted molar refractivity (Wildman–Crippen MR) is 91.0 cm³/mol. The van der Waals surface area contributed by atoms with Crippen LogP contribution in [0.5, 0.6) is 5.88 Å². The molecule has 0 bridgehead atoms. The lowest BCUT2D eigenvalue weighted by atomic mass is 10.1. The van der Waals surface area contributed by atoms with Crippen LogP contribution in [0.4, 0.5) is 8.78 Å². The van der Waals surface area contributed by atoms with Gasteiger partial charge in [-0.3, -0.25) is 0 Å². The highest BCUT2D eigenvalue weighted by Crippen LogP contribution is 2.23. The predicted octanol–water partition coefficient (Wildman–Crippen LogP) is 2.00. The van der Waals surface area contributed by atoms with Gasteiger partial charge in [0, 0.05) is 24.5 Å². The molecule has 7 nitrogen and oxygen atoms in total. The SMILES string of the molecule is N#Cc1nccnc1OC1CCCN(S(=O)(=O)Cc2cc(F)ccc2F)C1. The molecule has 142 valence electrons. The third kappa shape index (κ3) is 4.56. The zero-order chi connectivity index (χ0) is 19.4. The lowest BCUT2D eigenvalue weighted by Gasteiger charge is -2.31. The van der Waals surface area contributed by atoms with Crippen molar-refractivity contribution >= 4 is 10.0 Å². The number of aromatic nitrogens is 2. The summed E-state index contributed by atoms with van der Waals surface area (Å²) in [5, 5.41) is 9.04. The largest absolute Gasteiger partial charge is 0.471 e. The average Bonchev–Trinajstić information content (AvgIpc) is 2.65. The fraction of sp³-hybridized carbons (Fsp3) is 0.353. The second kappa shape index (κ2) is 7.94. The molecule has 0 spiro atoms. The minimum absolute atomic E-state index is 0.0133. The summed E-state index contributed by atoms with van der Waals surface area (Å²) in [6, 6.07) is 4.58. The maximum Gasteiger partial charge on any atom is 0.251 e. The molecule has 1 atom stereocenters. The monoisotopic (exact) mass is 394 g/mol. The van der Waals surface area contributed by atoms with Crippen molar-refractivity contribution in [2.24, 2.45) is 0 Å². The van der Waals surface area contributed by atoms with Crippen molar-refractivity contribution in [3.05, 3.63) is 53.5 Å². The molecule has 0 aliphatic carbocycles. The van der Waals surface area contributed by atoms with E-state index in [9.17, 15) is 17.2 Å². The molecule has 0 saturated carbocycles. The summed E-state index contributed by atoms with van der Waals surface area (Å²) >= 11 is 0. The van der Waals surface area contributed by atoms with Gasteiger partial charge in [-0.25, -0.2) is 27.2 Å². The van der Waals surface area contributed by atoms with Crippen LogP contribution in [-0.4, -0.2) is 41.9 Å². The van der Waals surface area contributed by atoms with Gasteiger partial charge >= 0.3 is 0 Å². The topological polar surface area (TPSA) is 96.2 Å². The van der Waals surface area contributed by atoms with E-state index in [0.29, 0.717) is 12.8 Å². The third-order valence-electron chi connectivity index (χ3n) is 4.13. The van der Waals surface area contributed by atoms with Gasteiger partial charge in [-0.1, -0.05) is 0 Å². The Morgan fingerprint density at radius 3 is 2.85 bits per heavy atom. The van der Waals surface area contributed by atoms with Crippen molar-refractivity contribution in [2.45, 2.75) is 24.7 Å². The summed E-state index contributed by atoms with van der Waals surface area (Å²) in [4.78, 5) is 7.80. The number of sulfonamides is 1. The Morgan fingerprint density at radius 1 is 1.30 bits per heavy atom. The molecule has 0 N–H and O–H groups in total. The molecule has 10 heteroatoms. The van der Waals surface area contributed by atoms with Gasteiger partial charge < -0.3 is 4.74 Å². The van der Waals surface area contributed by atoms with Crippen LogP contribution in [0.25, 0.3) is 0 Å². The number of hydrogen-bond acceptors (Lipinski definition) is 6. The Kier molecular flexibility index (Phi) is 5.62. The van der Waals surface area contributed by atoms with Gasteiger partial charge in [0.2, 0.25) is 15.7 Å². The van der Waals surface area contributed by atoms with Crippen molar-refractivity contribution in [3.8, 4) is 11.9 Å². The summed E-state index contributed by atoms with van der Waals surface area (Å²) in [6.45, 7) is 0.283. The Morgan fingerprint density at radius 2 is 2.07 bits per heavy atom. The molecule has 2 heterocycles. The molecule has 3 rings (SSSR count). The first-order chi connectivity index (χ1) is 12.9. The molecule has 0 amide bonds. The van der Waals surface area contributed by atoms with E-state index in [1.165, 1.54) is 16.7 Å². The van der Waals surface area contributed by atoms with Crippen molar-refractivity contribution < 1.29 is 21.9 Å². The number of halogens is 2. The van der Waals surface area contributed by atoms with E-state index < -0.39 is 33.5 Å². The van der Waals surface area contributed by atoms with Crippen molar-refractivity contribution in [1.29, 1.82) is 5.26 Å². The van der Waals surface area contributed by atoms with Crippen molar-refractivity contribution in [1.82, 2.24) is 14.3 Å². The second-order valence-electron chi connectivity index (χ2n) is 6.05. The fourth-order valence-corrected chi connectivity index (χ4v) is 4.44. The second-order valence-corrected chi connectivity index (χ2v) is 8.02. The van der Waals surface area contributed by atoms with Gasteiger partial charge in [0.15, 0.2) is 0 Å². The number of ether oxygens (including phenoxy) is 1. The first kappa shape index (κ1) is 19.1. The quantitative estimate of drug-likeness (QED) is 0.770. The minimum atomic E-state index is -3.87. The smallest absolute Gasteiger partial charge is 0.251 e. The average molecular weight is 394 g/mol. The van der Waals surface area contributed by atoms with Crippen LogP contribution in [-0.2, 0) is 15.8 Å².